The van der Waals surface area contributed by atoms with Crippen molar-refractivity contribution in [2.75, 3.05) is 32.7 Å². The maximum atomic E-state index is 2.70. The zero-order chi connectivity index (χ0) is 12.7. The van der Waals surface area contributed by atoms with Gasteiger partial charge in [0.25, 0.3) is 0 Å². The lowest BCUT2D eigenvalue weighted by Crippen LogP contribution is -2.48. The molecule has 1 saturated carbocycles. The van der Waals surface area contributed by atoms with Crippen molar-refractivity contribution in [1.29, 1.82) is 0 Å². The molecule has 1 aliphatic carbocycles. The van der Waals surface area contributed by atoms with Gasteiger partial charge in [0.05, 0.1) is 0 Å². The second kappa shape index (κ2) is 5.12. The van der Waals surface area contributed by atoms with Crippen molar-refractivity contribution in [2.24, 2.45) is 0 Å². The number of benzene rings is 1. The molecule has 0 bridgehead atoms. The number of rotatable bonds is 3. The van der Waals surface area contributed by atoms with E-state index in [1.54, 1.807) is 5.56 Å². The third-order valence-electron chi connectivity index (χ3n) is 4.65. The normalized spacial score (nSPS) is 28.5. The highest BCUT2D eigenvalue weighted by Gasteiger charge is 2.32. The topological polar surface area (TPSA) is 6.48 Å². The molecule has 1 aromatic rings. The lowest BCUT2D eigenvalue weighted by Gasteiger charge is -2.35. The van der Waals surface area contributed by atoms with Crippen LogP contribution in [0.15, 0.2) is 29.2 Å². The molecular formula is C16H22N2S. The van der Waals surface area contributed by atoms with Gasteiger partial charge in [0.2, 0.25) is 0 Å². The van der Waals surface area contributed by atoms with E-state index in [9.17, 15) is 0 Å². The second-order valence-electron chi connectivity index (χ2n) is 6.12. The predicted molar refractivity (Wildman–Crippen MR) is 80.8 cm³/mol. The van der Waals surface area contributed by atoms with Crippen LogP contribution >= 0.6 is 11.8 Å². The van der Waals surface area contributed by atoms with E-state index in [0.29, 0.717) is 0 Å². The number of fused-ring (bicyclic) bond motifs is 1. The fourth-order valence-electron chi connectivity index (χ4n) is 3.39. The molecule has 0 aromatic heterocycles. The molecule has 102 valence electrons. The first-order valence-electron chi connectivity index (χ1n) is 7.59. The lowest BCUT2D eigenvalue weighted by molar-refractivity contribution is 0.127. The van der Waals surface area contributed by atoms with Gasteiger partial charge in [0.15, 0.2) is 0 Å². The van der Waals surface area contributed by atoms with Crippen molar-refractivity contribution in [3.05, 3.63) is 29.8 Å². The van der Waals surface area contributed by atoms with Gasteiger partial charge in [-0.3, -0.25) is 9.80 Å². The van der Waals surface area contributed by atoms with Crippen LogP contribution in [-0.4, -0.2) is 53.8 Å². The third kappa shape index (κ3) is 2.69. The molecule has 2 aliphatic heterocycles. The molecule has 1 aromatic carbocycles. The predicted octanol–water partition coefficient (Wildman–Crippen LogP) is 2.48. The van der Waals surface area contributed by atoms with E-state index < -0.39 is 0 Å². The average molecular weight is 274 g/mol. The molecule has 3 heteroatoms. The van der Waals surface area contributed by atoms with Crippen LogP contribution in [0, 0.1) is 0 Å². The highest BCUT2D eigenvalue weighted by Crippen LogP contribution is 2.37. The van der Waals surface area contributed by atoms with Crippen molar-refractivity contribution in [3.63, 3.8) is 0 Å². The van der Waals surface area contributed by atoms with Gasteiger partial charge < -0.3 is 0 Å². The van der Waals surface area contributed by atoms with E-state index in [4.69, 9.17) is 0 Å². The minimum atomic E-state index is 0.782. The minimum Gasteiger partial charge on any atom is -0.300 e. The summed E-state index contributed by atoms with van der Waals surface area (Å²) in [6.45, 7) is 6.44. The first kappa shape index (κ1) is 12.2. The van der Waals surface area contributed by atoms with E-state index in [1.807, 2.05) is 0 Å². The maximum absolute atomic E-state index is 2.70. The van der Waals surface area contributed by atoms with E-state index in [1.165, 1.54) is 56.9 Å². The Hall–Kier alpha value is -0.510. The van der Waals surface area contributed by atoms with Gasteiger partial charge in [-0.05, 0) is 30.9 Å². The summed E-state index contributed by atoms with van der Waals surface area (Å²) in [4.78, 5) is 6.90. The van der Waals surface area contributed by atoms with Crippen molar-refractivity contribution in [3.8, 4) is 0 Å². The summed E-state index contributed by atoms with van der Waals surface area (Å²) in [5.41, 5.74) is 1.56. The molecule has 1 atom stereocenters. The van der Waals surface area contributed by atoms with Crippen molar-refractivity contribution in [2.45, 2.75) is 35.4 Å². The summed E-state index contributed by atoms with van der Waals surface area (Å²) < 4.78 is 0. The van der Waals surface area contributed by atoms with E-state index in [2.05, 4.69) is 45.8 Å². The molecule has 2 fully saturated rings. The van der Waals surface area contributed by atoms with Crippen LogP contribution in [0.25, 0.3) is 0 Å². The van der Waals surface area contributed by atoms with Crippen LogP contribution in [0.4, 0.5) is 0 Å². The molecule has 0 N–H and O–H groups in total. The average Bonchev–Trinajstić information content (AvgIpc) is 3.20. The first-order valence-corrected chi connectivity index (χ1v) is 8.47. The lowest BCUT2D eigenvalue weighted by atomic mass is 10.1. The standard InChI is InChI=1S/C16H22N2S/c1-2-4-16-13(3-1)11-15(19-16)12-17-7-9-18(10-8-17)14-5-6-14/h1-4,14-15H,5-12H2. The van der Waals surface area contributed by atoms with E-state index >= 15 is 0 Å². The quantitative estimate of drug-likeness (QED) is 0.836. The molecule has 4 rings (SSSR count). The third-order valence-corrected chi connectivity index (χ3v) is 5.95. The molecule has 2 heterocycles. The summed E-state index contributed by atoms with van der Waals surface area (Å²) in [5, 5.41) is 0.782. The van der Waals surface area contributed by atoms with Crippen LogP contribution < -0.4 is 0 Å². The fourth-order valence-corrected chi connectivity index (χ4v) is 4.76. The van der Waals surface area contributed by atoms with E-state index in [-0.39, 0.29) is 0 Å². The Morgan fingerprint density at radius 2 is 1.84 bits per heavy atom. The maximum Gasteiger partial charge on any atom is 0.0263 e. The van der Waals surface area contributed by atoms with Gasteiger partial charge in [-0.2, -0.15) is 0 Å². The molecule has 0 amide bonds. The van der Waals surface area contributed by atoms with Gasteiger partial charge in [-0.25, -0.2) is 0 Å². The molecule has 3 aliphatic rings. The zero-order valence-electron chi connectivity index (χ0n) is 11.4. The van der Waals surface area contributed by atoms with Crippen LogP contribution in [0.5, 0.6) is 0 Å². The highest BCUT2D eigenvalue weighted by molar-refractivity contribution is 8.00. The smallest absolute Gasteiger partial charge is 0.0263 e. The second-order valence-corrected chi connectivity index (χ2v) is 7.46. The number of thioether (sulfide) groups is 1. The number of hydrogen-bond acceptors (Lipinski definition) is 3. The SMILES string of the molecule is c1ccc2c(c1)CC(CN1CCN(C3CC3)CC1)S2. The van der Waals surface area contributed by atoms with Crippen LogP contribution in [-0.2, 0) is 6.42 Å². The highest BCUT2D eigenvalue weighted by atomic mass is 32.2. The summed E-state index contributed by atoms with van der Waals surface area (Å²) in [6.07, 6.45) is 4.17. The first-order chi connectivity index (χ1) is 9.38. The van der Waals surface area contributed by atoms with Crippen molar-refractivity contribution >= 4 is 11.8 Å². The van der Waals surface area contributed by atoms with Crippen molar-refractivity contribution < 1.29 is 0 Å². The number of hydrogen-bond donors (Lipinski definition) is 0. The Balaban J connectivity index is 1.29. The Labute approximate surface area is 120 Å². The van der Waals surface area contributed by atoms with Crippen molar-refractivity contribution in [1.82, 2.24) is 9.80 Å². The summed E-state index contributed by atoms with van der Waals surface area (Å²) in [6, 6.07) is 9.88. The van der Waals surface area contributed by atoms with E-state index in [0.717, 1.165) is 11.3 Å². The van der Waals surface area contributed by atoms with Crippen LogP contribution in [0.2, 0.25) is 0 Å². The monoisotopic (exact) mass is 274 g/mol. The summed E-state index contributed by atoms with van der Waals surface area (Å²) >= 11 is 2.09. The Morgan fingerprint density at radius 1 is 1.05 bits per heavy atom. The molecule has 19 heavy (non-hydrogen) atoms. The van der Waals surface area contributed by atoms with Gasteiger partial charge in [-0.1, -0.05) is 18.2 Å². The van der Waals surface area contributed by atoms with Gasteiger partial charge >= 0.3 is 0 Å². The summed E-state index contributed by atoms with van der Waals surface area (Å²) in [7, 11) is 0. The molecule has 0 radical (unpaired) electrons. The van der Waals surface area contributed by atoms with Gasteiger partial charge in [-0.15, -0.1) is 11.8 Å². The fraction of sp³-hybridized carbons (Fsp3) is 0.625. The number of nitrogens with zero attached hydrogens (tertiary/aromatic N) is 2. The van der Waals surface area contributed by atoms with Gasteiger partial charge in [0, 0.05) is 48.9 Å². The molecule has 1 saturated heterocycles. The Bertz CT molecular complexity index is 425. The summed E-state index contributed by atoms with van der Waals surface area (Å²) in [5.74, 6) is 0. The van der Waals surface area contributed by atoms with Gasteiger partial charge in [0.1, 0.15) is 0 Å². The molecule has 2 nitrogen and oxygen atoms in total. The number of piperazine rings is 1. The molecular weight excluding hydrogens is 252 g/mol. The molecule has 0 spiro atoms. The van der Waals surface area contributed by atoms with Crippen LogP contribution in [0.3, 0.4) is 0 Å². The Kier molecular flexibility index (Phi) is 3.30. The van der Waals surface area contributed by atoms with Crippen LogP contribution in [0.1, 0.15) is 18.4 Å². The largest absolute Gasteiger partial charge is 0.300 e. The minimum absolute atomic E-state index is 0.782. The molecule has 1 unspecified atom stereocenters. The zero-order valence-corrected chi connectivity index (χ0v) is 12.2. The Morgan fingerprint density at radius 3 is 2.58 bits per heavy atom.